The average Bonchev–Trinajstić information content (AvgIpc) is 3.38. The number of aliphatic hydroxyl groups excluding tert-OH is 1. The fourth-order valence-corrected chi connectivity index (χ4v) is 4.85. The maximum atomic E-state index is 11.1. The van der Waals surface area contributed by atoms with Crippen molar-refractivity contribution >= 4 is 25.2 Å². The van der Waals surface area contributed by atoms with E-state index in [1.807, 2.05) is 6.07 Å². The Kier molecular flexibility index (Phi) is 10.6. The fraction of sp³-hybridized carbons (Fsp3) is 0.727. The van der Waals surface area contributed by atoms with Crippen LogP contribution in [0.3, 0.4) is 0 Å². The molecule has 0 aromatic carbocycles. The van der Waals surface area contributed by atoms with E-state index in [0.717, 1.165) is 77.0 Å². The van der Waals surface area contributed by atoms with Gasteiger partial charge >= 0.3 is 7.60 Å². The third-order valence-corrected chi connectivity index (χ3v) is 7.30. The summed E-state index contributed by atoms with van der Waals surface area (Å²) in [7, 11) is -4.09. The van der Waals surface area contributed by atoms with Crippen molar-refractivity contribution in [1.82, 2.24) is 34.8 Å². The molecule has 2 aromatic heterocycles. The van der Waals surface area contributed by atoms with Gasteiger partial charge in [0.05, 0.1) is 45.3 Å². The summed E-state index contributed by atoms with van der Waals surface area (Å²) in [5.41, 5.74) is 0.615. The van der Waals surface area contributed by atoms with Gasteiger partial charge in [-0.25, -0.2) is 0 Å². The van der Waals surface area contributed by atoms with Crippen LogP contribution in [0.2, 0.25) is 0 Å². The van der Waals surface area contributed by atoms with Crippen molar-refractivity contribution in [2.24, 2.45) is 0 Å². The van der Waals surface area contributed by atoms with Crippen molar-refractivity contribution in [2.75, 3.05) is 100 Å². The SMILES string of the molecule is O=P(O)(O)CCn1cc(CNc2nc(NCCCN3CCN(CCO)CC3)cc(N3CCOCC3)n2)nn1. The molecule has 15 nitrogen and oxygen atoms in total. The molecule has 2 saturated heterocycles. The molecule has 2 aliphatic rings. The van der Waals surface area contributed by atoms with Crippen LogP contribution in [0.25, 0.3) is 0 Å². The number of aliphatic hydroxyl groups is 1. The zero-order valence-corrected chi connectivity index (χ0v) is 22.5. The maximum Gasteiger partial charge on any atom is 0.327 e. The molecule has 0 unspecified atom stereocenters. The molecule has 16 heteroatoms. The number of aromatic nitrogens is 5. The zero-order valence-electron chi connectivity index (χ0n) is 21.7. The number of ether oxygens (including phenoxy) is 1. The lowest BCUT2D eigenvalue weighted by Crippen LogP contribution is -2.47. The Morgan fingerprint density at radius 3 is 2.42 bits per heavy atom. The number of anilines is 3. The minimum atomic E-state index is -4.09. The first-order valence-corrected chi connectivity index (χ1v) is 14.9. The highest BCUT2D eigenvalue weighted by atomic mass is 31.2. The number of hydrogen-bond donors (Lipinski definition) is 5. The number of nitrogens with zero attached hydrogens (tertiary/aromatic N) is 8. The van der Waals surface area contributed by atoms with Gasteiger partial charge in [-0.1, -0.05) is 5.21 Å². The second-order valence-corrected chi connectivity index (χ2v) is 11.2. The zero-order chi connectivity index (χ0) is 26.8. The molecule has 2 aliphatic heterocycles. The highest BCUT2D eigenvalue weighted by Crippen LogP contribution is 2.33. The van der Waals surface area contributed by atoms with Gasteiger partial charge < -0.3 is 40.1 Å². The molecule has 0 bridgehead atoms. The lowest BCUT2D eigenvalue weighted by atomic mass is 10.3. The van der Waals surface area contributed by atoms with Crippen molar-refractivity contribution in [3.63, 3.8) is 0 Å². The highest BCUT2D eigenvalue weighted by Gasteiger charge is 2.18. The first-order valence-electron chi connectivity index (χ1n) is 13.1. The smallest absolute Gasteiger partial charge is 0.327 e. The van der Waals surface area contributed by atoms with E-state index in [1.54, 1.807) is 6.20 Å². The van der Waals surface area contributed by atoms with Gasteiger partial charge in [-0.2, -0.15) is 9.97 Å². The standard InChI is InChI=1S/C22H39N10O5P/c33-12-8-30-6-4-29(5-7-30)3-1-2-23-20-16-21(31-9-13-37-14-10-31)26-22(25-20)24-17-19-18-32(28-27-19)11-15-38(34,35)36/h16,18,33H,1-15,17H2,(H2,34,35,36)(H2,23,24,25,26). The van der Waals surface area contributed by atoms with Gasteiger partial charge in [-0.05, 0) is 13.0 Å². The van der Waals surface area contributed by atoms with E-state index in [0.29, 0.717) is 31.4 Å². The summed E-state index contributed by atoms with van der Waals surface area (Å²) < 4.78 is 18.0. The van der Waals surface area contributed by atoms with Gasteiger partial charge in [0.1, 0.15) is 17.3 Å². The van der Waals surface area contributed by atoms with E-state index in [2.05, 4.69) is 40.6 Å². The summed E-state index contributed by atoms with van der Waals surface area (Å²) in [6.45, 7) is 10.0. The largest absolute Gasteiger partial charge is 0.395 e. The number of morpholine rings is 1. The average molecular weight is 555 g/mol. The number of hydrogen-bond acceptors (Lipinski definition) is 12. The van der Waals surface area contributed by atoms with Gasteiger partial charge in [0, 0.05) is 58.4 Å². The van der Waals surface area contributed by atoms with Crippen LogP contribution in [0.4, 0.5) is 17.6 Å². The van der Waals surface area contributed by atoms with E-state index >= 15 is 0 Å². The maximum absolute atomic E-state index is 11.1. The summed E-state index contributed by atoms with van der Waals surface area (Å²) >= 11 is 0. The van der Waals surface area contributed by atoms with Crippen LogP contribution in [0.15, 0.2) is 12.3 Å². The highest BCUT2D eigenvalue weighted by molar-refractivity contribution is 7.51. The molecule has 2 fully saturated rings. The molecule has 0 radical (unpaired) electrons. The number of nitrogens with one attached hydrogen (secondary N) is 2. The fourth-order valence-electron chi connectivity index (χ4n) is 4.39. The molecular formula is C22H39N10O5P. The van der Waals surface area contributed by atoms with Gasteiger partial charge in [0.25, 0.3) is 0 Å². The van der Waals surface area contributed by atoms with Crippen LogP contribution in [0, 0.1) is 0 Å². The summed E-state index contributed by atoms with van der Waals surface area (Å²) in [6, 6.07) is 1.96. The molecule has 212 valence electrons. The summed E-state index contributed by atoms with van der Waals surface area (Å²) in [6.07, 6.45) is 2.34. The third-order valence-electron chi connectivity index (χ3n) is 6.52. The topological polar surface area (TPSA) is 177 Å². The summed E-state index contributed by atoms with van der Waals surface area (Å²) in [5, 5.41) is 23.7. The molecule has 2 aromatic rings. The third kappa shape index (κ3) is 9.42. The van der Waals surface area contributed by atoms with Crippen molar-refractivity contribution in [2.45, 2.75) is 19.5 Å². The molecule has 0 atom stereocenters. The summed E-state index contributed by atoms with van der Waals surface area (Å²) in [4.78, 5) is 34.4. The second-order valence-electron chi connectivity index (χ2n) is 9.44. The van der Waals surface area contributed by atoms with Gasteiger partial charge in [-0.15, -0.1) is 5.10 Å². The monoisotopic (exact) mass is 554 g/mol. The van der Waals surface area contributed by atoms with E-state index in [4.69, 9.17) is 24.6 Å². The van der Waals surface area contributed by atoms with Crippen LogP contribution in [-0.2, 0) is 22.4 Å². The molecule has 0 amide bonds. The van der Waals surface area contributed by atoms with E-state index < -0.39 is 7.60 Å². The molecule has 4 rings (SSSR count). The molecular weight excluding hydrogens is 515 g/mol. The Bertz CT molecular complexity index is 1040. The van der Waals surface area contributed by atoms with Crippen molar-refractivity contribution in [3.8, 4) is 0 Å². The minimum Gasteiger partial charge on any atom is -0.395 e. The Hall–Kier alpha value is -2.39. The molecule has 0 aliphatic carbocycles. The first-order chi connectivity index (χ1) is 18.4. The lowest BCUT2D eigenvalue weighted by Gasteiger charge is -2.34. The second kappa shape index (κ2) is 14.1. The molecule has 0 spiro atoms. The number of β-amino-alcohol motifs (C(OH)–C–C–N with tert-alkyl or cyclic N) is 1. The predicted octanol–water partition coefficient (Wildman–Crippen LogP) is -0.894. The van der Waals surface area contributed by atoms with E-state index in [1.165, 1.54) is 4.68 Å². The number of piperazine rings is 1. The quantitative estimate of drug-likeness (QED) is 0.143. The Morgan fingerprint density at radius 2 is 1.71 bits per heavy atom. The molecule has 4 heterocycles. The van der Waals surface area contributed by atoms with Gasteiger partial charge in [0.2, 0.25) is 5.95 Å². The number of aryl methyl sites for hydroxylation is 1. The molecule has 5 N–H and O–H groups in total. The van der Waals surface area contributed by atoms with Gasteiger partial charge in [0.15, 0.2) is 0 Å². The normalized spacial score (nSPS) is 17.6. The molecule has 38 heavy (non-hydrogen) atoms. The van der Waals surface area contributed by atoms with Crippen LogP contribution < -0.4 is 15.5 Å². The van der Waals surface area contributed by atoms with Crippen LogP contribution in [0.5, 0.6) is 0 Å². The van der Waals surface area contributed by atoms with Crippen LogP contribution in [0.1, 0.15) is 12.1 Å². The molecule has 0 saturated carbocycles. The predicted molar refractivity (Wildman–Crippen MR) is 142 cm³/mol. The van der Waals surface area contributed by atoms with E-state index in [9.17, 15) is 4.57 Å². The van der Waals surface area contributed by atoms with Crippen molar-refractivity contribution in [3.05, 3.63) is 18.0 Å². The minimum absolute atomic E-state index is 0.0900. The van der Waals surface area contributed by atoms with Crippen molar-refractivity contribution < 1.29 is 24.2 Å². The van der Waals surface area contributed by atoms with Crippen LogP contribution >= 0.6 is 7.60 Å². The number of rotatable bonds is 14. The lowest BCUT2D eigenvalue weighted by molar-refractivity contribution is 0.112. The van der Waals surface area contributed by atoms with Crippen LogP contribution in [-0.4, -0.2) is 135 Å². The van der Waals surface area contributed by atoms with Gasteiger partial charge in [-0.3, -0.25) is 14.1 Å². The summed E-state index contributed by atoms with van der Waals surface area (Å²) in [5.74, 6) is 2.02. The Labute approximate surface area is 222 Å². The Morgan fingerprint density at radius 1 is 0.974 bits per heavy atom. The van der Waals surface area contributed by atoms with Crippen molar-refractivity contribution in [1.29, 1.82) is 0 Å². The van der Waals surface area contributed by atoms with E-state index in [-0.39, 0.29) is 19.3 Å². The first kappa shape index (κ1) is 28.6. The Balaban J connectivity index is 1.31.